The van der Waals surface area contributed by atoms with Crippen LogP contribution in [-0.4, -0.2) is 81.3 Å². The molecule has 0 aliphatic rings. The number of rotatable bonds is 14. The van der Waals surface area contributed by atoms with Gasteiger partial charge in [-0.25, -0.2) is 4.79 Å². The first-order valence-corrected chi connectivity index (χ1v) is 7.67. The molecule has 0 rings (SSSR count). The molecule has 24 heavy (non-hydrogen) atoms. The fourth-order valence-corrected chi connectivity index (χ4v) is 1.42. The number of ketones is 1. The second-order valence-corrected chi connectivity index (χ2v) is 4.68. The summed E-state index contributed by atoms with van der Waals surface area (Å²) < 4.78 is 10.2. The molecule has 0 spiro atoms. The van der Waals surface area contributed by atoms with Crippen LogP contribution in [0.3, 0.4) is 0 Å². The third-order valence-corrected chi connectivity index (χ3v) is 2.61. The van der Waals surface area contributed by atoms with Crippen molar-refractivity contribution in [1.29, 1.82) is 0 Å². The Labute approximate surface area is 140 Å². The molecule has 2 amide bonds. The van der Waals surface area contributed by atoms with E-state index in [0.29, 0.717) is 13.2 Å². The minimum atomic E-state index is -1.85. The molecule has 0 fully saturated rings. The predicted octanol–water partition coefficient (Wildman–Crippen LogP) is -2.09. The van der Waals surface area contributed by atoms with Crippen molar-refractivity contribution in [3.05, 3.63) is 0 Å². The monoisotopic (exact) mass is 347 g/mol. The van der Waals surface area contributed by atoms with E-state index in [1.165, 1.54) is 5.32 Å². The molecule has 0 saturated heterocycles. The molecule has 4 N–H and O–H groups in total. The van der Waals surface area contributed by atoms with E-state index in [4.69, 9.17) is 14.6 Å². The van der Waals surface area contributed by atoms with Gasteiger partial charge in [0.2, 0.25) is 5.78 Å². The normalized spacial score (nSPS) is 10.4. The van der Waals surface area contributed by atoms with Crippen LogP contribution in [0.1, 0.15) is 13.3 Å². The highest BCUT2D eigenvalue weighted by Gasteiger charge is 2.20. The maximum absolute atomic E-state index is 11.2. The number of nitrogens with one attached hydrogen (secondary N) is 3. The lowest BCUT2D eigenvalue weighted by molar-refractivity contribution is -0.153. The highest BCUT2D eigenvalue weighted by molar-refractivity contribution is 6.45. The summed E-state index contributed by atoms with van der Waals surface area (Å²) in [6.45, 7) is 5.81. The van der Waals surface area contributed by atoms with Crippen molar-refractivity contribution in [2.24, 2.45) is 0 Å². The highest BCUT2D eigenvalue weighted by atomic mass is 16.5. The Kier molecular flexibility index (Phi) is 13.5. The van der Waals surface area contributed by atoms with E-state index in [1.807, 2.05) is 0 Å². The van der Waals surface area contributed by atoms with E-state index in [1.54, 1.807) is 0 Å². The summed E-state index contributed by atoms with van der Waals surface area (Å²) in [5.41, 5.74) is 0. The van der Waals surface area contributed by atoms with Gasteiger partial charge in [0, 0.05) is 19.6 Å². The van der Waals surface area contributed by atoms with Gasteiger partial charge in [-0.05, 0) is 13.0 Å². The molecule has 0 aromatic rings. The largest absolute Gasteiger partial charge is 0.474 e. The van der Waals surface area contributed by atoms with Crippen LogP contribution in [0.4, 0.5) is 0 Å². The fourth-order valence-electron chi connectivity index (χ4n) is 1.42. The lowest BCUT2D eigenvalue weighted by atomic mass is 10.4. The van der Waals surface area contributed by atoms with Crippen molar-refractivity contribution in [2.75, 3.05) is 52.6 Å². The molecular weight excluding hydrogens is 322 g/mol. The number of carbonyl (C=O) groups is 4. The van der Waals surface area contributed by atoms with Gasteiger partial charge in [-0.2, -0.15) is 0 Å². The minimum absolute atomic E-state index is 0.101. The molecule has 0 unspecified atom stereocenters. The molecule has 10 heteroatoms. The number of hydrogen-bond acceptors (Lipinski definition) is 8. The zero-order valence-corrected chi connectivity index (χ0v) is 13.8. The van der Waals surface area contributed by atoms with Crippen LogP contribution in [0.25, 0.3) is 0 Å². The maximum Gasteiger partial charge on any atom is 0.394 e. The van der Waals surface area contributed by atoms with Gasteiger partial charge in [0.25, 0.3) is 5.91 Å². The number of carboxylic acids is 1. The molecule has 0 bridgehead atoms. The van der Waals surface area contributed by atoms with Gasteiger partial charge < -0.3 is 25.2 Å². The Balaban J connectivity index is 3.43. The summed E-state index contributed by atoms with van der Waals surface area (Å²) in [7, 11) is 0. The van der Waals surface area contributed by atoms with Crippen molar-refractivity contribution >= 4 is 23.6 Å². The van der Waals surface area contributed by atoms with E-state index in [-0.39, 0.29) is 13.2 Å². The second kappa shape index (κ2) is 14.7. The SMILES string of the molecule is CCCNCCNCCOCCOCC(=O)C(=O)NC(=O)C(=O)O. The van der Waals surface area contributed by atoms with Gasteiger partial charge >= 0.3 is 11.9 Å². The Hall–Kier alpha value is -1.88. The predicted molar refractivity (Wildman–Crippen MR) is 83.5 cm³/mol. The summed E-state index contributed by atoms with van der Waals surface area (Å²) in [5, 5.41) is 16.1. The van der Waals surface area contributed by atoms with E-state index >= 15 is 0 Å². The Morgan fingerprint density at radius 1 is 0.833 bits per heavy atom. The average Bonchev–Trinajstić information content (AvgIpc) is 2.55. The molecule has 0 heterocycles. The van der Waals surface area contributed by atoms with Gasteiger partial charge in [0.1, 0.15) is 6.61 Å². The van der Waals surface area contributed by atoms with Crippen LogP contribution in [0, 0.1) is 0 Å². The number of ether oxygens (including phenoxy) is 2. The van der Waals surface area contributed by atoms with E-state index in [0.717, 1.165) is 26.1 Å². The zero-order chi connectivity index (χ0) is 18.2. The number of imide groups is 1. The summed E-state index contributed by atoms with van der Waals surface area (Å²) in [6, 6.07) is 0. The van der Waals surface area contributed by atoms with Crippen molar-refractivity contribution in [3.63, 3.8) is 0 Å². The third-order valence-electron chi connectivity index (χ3n) is 2.61. The summed E-state index contributed by atoms with van der Waals surface area (Å²) in [4.78, 5) is 43.2. The molecule has 0 aromatic heterocycles. The van der Waals surface area contributed by atoms with Crippen LogP contribution in [0.15, 0.2) is 0 Å². The number of carboxylic acid groups (broad SMARTS) is 1. The number of aliphatic carboxylic acids is 1. The Morgan fingerprint density at radius 2 is 1.46 bits per heavy atom. The number of amides is 2. The molecule has 10 nitrogen and oxygen atoms in total. The van der Waals surface area contributed by atoms with E-state index in [2.05, 4.69) is 17.6 Å². The number of carbonyl (C=O) groups excluding carboxylic acids is 3. The smallest absolute Gasteiger partial charge is 0.394 e. The highest BCUT2D eigenvalue weighted by Crippen LogP contribution is 1.82. The molecule has 138 valence electrons. The second-order valence-electron chi connectivity index (χ2n) is 4.68. The van der Waals surface area contributed by atoms with E-state index < -0.39 is 30.2 Å². The van der Waals surface area contributed by atoms with Crippen LogP contribution < -0.4 is 16.0 Å². The van der Waals surface area contributed by atoms with Crippen molar-refractivity contribution in [1.82, 2.24) is 16.0 Å². The third kappa shape index (κ3) is 12.6. The zero-order valence-electron chi connectivity index (χ0n) is 13.8. The van der Waals surface area contributed by atoms with Crippen molar-refractivity contribution in [2.45, 2.75) is 13.3 Å². The first kappa shape index (κ1) is 22.1. The van der Waals surface area contributed by atoms with Gasteiger partial charge in [0.05, 0.1) is 19.8 Å². The fraction of sp³-hybridized carbons (Fsp3) is 0.714. The lowest BCUT2D eigenvalue weighted by Crippen LogP contribution is -2.41. The van der Waals surface area contributed by atoms with Crippen LogP contribution in [0.5, 0.6) is 0 Å². The molecular formula is C14H25N3O7. The summed E-state index contributed by atoms with van der Waals surface area (Å²) in [6.07, 6.45) is 1.10. The van der Waals surface area contributed by atoms with Crippen molar-refractivity contribution < 1.29 is 33.8 Å². The number of Topliss-reactive ketones (excluding diaryl/α,β-unsaturated/α-hetero) is 1. The summed E-state index contributed by atoms with van der Waals surface area (Å²) in [5.74, 6) is -5.76. The standard InChI is InChI=1S/C14H25N3O7/c1-2-3-15-4-5-16-6-7-23-8-9-24-10-11(18)12(19)17-13(20)14(21)22/h15-16H,2-10H2,1H3,(H,21,22)(H,17,19,20). The Morgan fingerprint density at radius 3 is 2.08 bits per heavy atom. The van der Waals surface area contributed by atoms with Crippen molar-refractivity contribution in [3.8, 4) is 0 Å². The van der Waals surface area contributed by atoms with Crippen LogP contribution in [-0.2, 0) is 28.7 Å². The van der Waals surface area contributed by atoms with Crippen LogP contribution in [0.2, 0.25) is 0 Å². The van der Waals surface area contributed by atoms with Gasteiger partial charge in [-0.15, -0.1) is 0 Å². The minimum Gasteiger partial charge on any atom is -0.474 e. The molecule has 0 aliphatic heterocycles. The molecule has 0 atom stereocenters. The van der Waals surface area contributed by atoms with Crippen LogP contribution >= 0.6 is 0 Å². The van der Waals surface area contributed by atoms with Gasteiger partial charge in [-0.1, -0.05) is 6.92 Å². The molecule has 0 aliphatic carbocycles. The number of hydrogen-bond donors (Lipinski definition) is 4. The van der Waals surface area contributed by atoms with E-state index in [9.17, 15) is 19.2 Å². The van der Waals surface area contributed by atoms with Gasteiger partial charge in [0.15, 0.2) is 0 Å². The molecule has 0 saturated carbocycles. The lowest BCUT2D eigenvalue weighted by Gasteiger charge is -2.07. The topological polar surface area (TPSA) is 143 Å². The summed E-state index contributed by atoms with van der Waals surface area (Å²) >= 11 is 0. The first-order valence-electron chi connectivity index (χ1n) is 7.67. The first-order chi connectivity index (χ1) is 11.5. The average molecular weight is 347 g/mol. The molecule has 0 radical (unpaired) electrons. The Bertz CT molecular complexity index is 415. The van der Waals surface area contributed by atoms with Gasteiger partial charge in [-0.3, -0.25) is 19.7 Å². The quantitative estimate of drug-likeness (QED) is 0.205. The maximum atomic E-state index is 11.2. The molecule has 0 aromatic carbocycles.